The van der Waals surface area contributed by atoms with Gasteiger partial charge in [-0.1, -0.05) is 52.0 Å². The van der Waals surface area contributed by atoms with E-state index >= 15 is 0 Å². The number of carbonyl (C=O) groups is 4. The molecule has 2 aromatic heterocycles. The molecule has 4 heterocycles. The van der Waals surface area contributed by atoms with Crippen molar-refractivity contribution < 1.29 is 38.9 Å². The molecule has 56 heavy (non-hydrogen) atoms. The SMILES string of the molecule is COC(=O)N[C@H](C(=O)N1CCC[C@H]1c1ncc(-c2ccc(-c3ccc(-c4cnc([C@@H]5CCCN5C(=O)[C@@H](NC(=O)OC)C(C)C)[nH]4)c(O)c3O)cc2)[nH]1)C(C)C. The number of carbonyl (C=O) groups excluding carboxylic acids is 4. The first kappa shape index (κ1) is 39.6. The van der Waals surface area contributed by atoms with Crippen molar-refractivity contribution in [3.63, 3.8) is 0 Å². The van der Waals surface area contributed by atoms with Gasteiger partial charge < -0.3 is 50.1 Å². The molecule has 2 saturated heterocycles. The Morgan fingerprint density at radius 1 is 0.679 bits per heavy atom. The zero-order valence-electron chi connectivity index (χ0n) is 32.5. The van der Waals surface area contributed by atoms with Crippen molar-refractivity contribution in [1.29, 1.82) is 0 Å². The first-order valence-electron chi connectivity index (χ1n) is 18.9. The van der Waals surface area contributed by atoms with Crippen LogP contribution in [0.2, 0.25) is 0 Å². The fourth-order valence-corrected chi connectivity index (χ4v) is 7.54. The molecule has 4 aromatic rings. The summed E-state index contributed by atoms with van der Waals surface area (Å²) in [5.74, 6) is -0.152. The van der Waals surface area contributed by atoms with Crippen molar-refractivity contribution in [3.8, 4) is 45.1 Å². The number of rotatable bonds is 11. The van der Waals surface area contributed by atoms with Crippen molar-refractivity contribution in [2.75, 3.05) is 27.3 Å². The van der Waals surface area contributed by atoms with Crippen molar-refractivity contribution in [3.05, 3.63) is 60.4 Å². The average Bonchev–Trinajstić information content (AvgIpc) is 4.03. The number of amides is 4. The number of imidazole rings is 2. The summed E-state index contributed by atoms with van der Waals surface area (Å²) < 4.78 is 9.46. The number of methoxy groups -OCH3 is 2. The third kappa shape index (κ3) is 8.00. The molecular weight excluding hydrogens is 720 g/mol. The van der Waals surface area contributed by atoms with Gasteiger partial charge in [0.05, 0.1) is 50.1 Å². The van der Waals surface area contributed by atoms with Gasteiger partial charge >= 0.3 is 12.2 Å². The molecule has 16 heteroatoms. The molecule has 6 N–H and O–H groups in total. The second-order valence-corrected chi connectivity index (χ2v) is 14.9. The number of nitrogens with one attached hydrogen (secondary N) is 4. The lowest BCUT2D eigenvalue weighted by atomic mass is 9.99. The predicted octanol–water partition coefficient (Wildman–Crippen LogP) is 5.63. The van der Waals surface area contributed by atoms with Crippen LogP contribution in [0.3, 0.4) is 0 Å². The molecule has 2 aliphatic rings. The fourth-order valence-electron chi connectivity index (χ4n) is 7.54. The number of alkyl carbamates (subject to hydrolysis) is 2. The van der Waals surface area contributed by atoms with Crippen LogP contribution in [0.5, 0.6) is 11.5 Å². The summed E-state index contributed by atoms with van der Waals surface area (Å²) in [6.45, 7) is 8.50. The largest absolute Gasteiger partial charge is 0.504 e. The molecule has 0 spiro atoms. The highest BCUT2D eigenvalue weighted by atomic mass is 16.5. The monoisotopic (exact) mass is 770 g/mol. The van der Waals surface area contributed by atoms with Crippen LogP contribution in [-0.2, 0) is 19.1 Å². The summed E-state index contributed by atoms with van der Waals surface area (Å²) >= 11 is 0. The van der Waals surface area contributed by atoms with Crippen LogP contribution in [0.4, 0.5) is 9.59 Å². The number of H-pyrrole nitrogens is 2. The fraction of sp³-hybridized carbons (Fsp3) is 0.450. The van der Waals surface area contributed by atoms with E-state index in [-0.39, 0.29) is 47.2 Å². The smallest absolute Gasteiger partial charge is 0.407 e. The topological polar surface area (TPSA) is 215 Å². The summed E-state index contributed by atoms with van der Waals surface area (Å²) in [4.78, 5) is 70.2. The predicted molar refractivity (Wildman–Crippen MR) is 206 cm³/mol. The van der Waals surface area contributed by atoms with Gasteiger partial charge in [-0.05, 0) is 60.8 Å². The Balaban J connectivity index is 1.16. The number of aromatic nitrogens is 4. The zero-order chi connectivity index (χ0) is 40.3. The van der Waals surface area contributed by atoms with Crippen LogP contribution in [0.1, 0.15) is 77.1 Å². The van der Waals surface area contributed by atoms with Gasteiger partial charge in [0.1, 0.15) is 23.7 Å². The lowest BCUT2D eigenvalue weighted by Gasteiger charge is -2.30. The van der Waals surface area contributed by atoms with Crippen molar-refractivity contribution in [1.82, 2.24) is 40.4 Å². The Hall–Kier alpha value is -6.06. The highest BCUT2D eigenvalue weighted by molar-refractivity contribution is 5.87. The lowest BCUT2D eigenvalue weighted by Crippen LogP contribution is -2.51. The highest BCUT2D eigenvalue weighted by Gasteiger charge is 2.39. The Kier molecular flexibility index (Phi) is 11.9. The van der Waals surface area contributed by atoms with Crippen molar-refractivity contribution in [2.24, 2.45) is 11.8 Å². The maximum atomic E-state index is 13.5. The number of nitrogens with zero attached hydrogens (tertiary/aromatic N) is 4. The number of hydrogen-bond acceptors (Lipinski definition) is 10. The molecule has 6 rings (SSSR count). The van der Waals surface area contributed by atoms with E-state index < -0.39 is 24.3 Å². The summed E-state index contributed by atoms with van der Waals surface area (Å²) in [5.41, 5.74) is 3.49. The number of ether oxygens (including phenoxy) is 2. The van der Waals surface area contributed by atoms with Gasteiger partial charge in [0.25, 0.3) is 0 Å². The molecule has 0 aliphatic carbocycles. The first-order chi connectivity index (χ1) is 26.8. The third-order valence-electron chi connectivity index (χ3n) is 10.6. The zero-order valence-corrected chi connectivity index (χ0v) is 32.5. The molecule has 0 bridgehead atoms. The summed E-state index contributed by atoms with van der Waals surface area (Å²) in [5, 5.41) is 27.7. The molecule has 4 atom stereocenters. The van der Waals surface area contributed by atoms with Gasteiger partial charge in [0, 0.05) is 24.2 Å². The van der Waals surface area contributed by atoms with Crippen molar-refractivity contribution >= 4 is 24.0 Å². The van der Waals surface area contributed by atoms with Gasteiger partial charge in [0.2, 0.25) is 11.8 Å². The number of phenols is 2. The maximum absolute atomic E-state index is 13.5. The number of hydrogen-bond donors (Lipinski definition) is 6. The summed E-state index contributed by atoms with van der Waals surface area (Å²) in [6.07, 6.45) is 4.91. The Bertz CT molecular complexity index is 2060. The minimum absolute atomic E-state index is 0.140. The highest BCUT2D eigenvalue weighted by Crippen LogP contribution is 2.44. The molecule has 0 saturated carbocycles. The Labute approximate surface area is 325 Å². The minimum atomic E-state index is -0.765. The molecule has 2 fully saturated rings. The molecule has 2 aliphatic heterocycles. The standard InChI is InChI=1S/C40H50N8O8/c1-21(2)31(45-39(53)55-5)37(51)47-17-7-9-29(47)35-41-19-27(43-35)24-13-11-23(12-14-24)25-15-16-26(34(50)33(25)49)28-20-42-36(44-28)30-10-8-18-48(30)38(52)32(22(3)4)46-40(54)56-6/h11-16,19-22,29-32,49-50H,7-10,17-18H2,1-6H3,(H,41,43)(H,42,44)(H,45,53)(H,46,54)/t29-,30-,31-,32-/m0/s1. The molecule has 2 aromatic carbocycles. The van der Waals surface area contributed by atoms with Crippen LogP contribution in [0.15, 0.2) is 48.8 Å². The summed E-state index contributed by atoms with van der Waals surface area (Å²) in [6, 6.07) is 8.72. The molecule has 16 nitrogen and oxygen atoms in total. The molecule has 0 unspecified atom stereocenters. The number of likely N-dealkylation sites (tertiary alicyclic amines) is 2. The average molecular weight is 771 g/mol. The van der Waals surface area contributed by atoms with Crippen LogP contribution in [-0.4, -0.2) is 103 Å². The van der Waals surface area contributed by atoms with E-state index in [1.54, 1.807) is 34.3 Å². The second-order valence-electron chi connectivity index (χ2n) is 14.9. The van der Waals surface area contributed by atoms with E-state index in [1.807, 2.05) is 52.0 Å². The van der Waals surface area contributed by atoms with E-state index in [4.69, 9.17) is 9.47 Å². The lowest BCUT2D eigenvalue weighted by molar-refractivity contribution is -0.136. The third-order valence-corrected chi connectivity index (χ3v) is 10.6. The number of aromatic hydroxyl groups is 2. The second kappa shape index (κ2) is 16.8. The van der Waals surface area contributed by atoms with E-state index in [9.17, 15) is 29.4 Å². The number of phenolic OH excluding ortho intramolecular Hbond substituents is 2. The van der Waals surface area contributed by atoms with Crippen molar-refractivity contribution in [2.45, 2.75) is 77.5 Å². The van der Waals surface area contributed by atoms with Gasteiger partial charge in [-0.25, -0.2) is 19.6 Å². The Morgan fingerprint density at radius 2 is 1.11 bits per heavy atom. The van der Waals surface area contributed by atoms with Gasteiger partial charge in [-0.2, -0.15) is 0 Å². The maximum Gasteiger partial charge on any atom is 0.407 e. The minimum Gasteiger partial charge on any atom is -0.504 e. The van der Waals surface area contributed by atoms with E-state index in [0.29, 0.717) is 53.5 Å². The van der Waals surface area contributed by atoms with Crippen LogP contribution in [0, 0.1) is 11.8 Å². The molecule has 0 radical (unpaired) electrons. The molecule has 4 amide bonds. The van der Waals surface area contributed by atoms with Crippen LogP contribution in [0.25, 0.3) is 33.6 Å². The molecule has 298 valence electrons. The summed E-state index contributed by atoms with van der Waals surface area (Å²) in [7, 11) is 2.52. The number of aromatic amines is 2. The van der Waals surface area contributed by atoms with E-state index in [2.05, 4.69) is 30.6 Å². The normalized spacial score (nSPS) is 17.9. The number of benzene rings is 2. The first-order valence-corrected chi connectivity index (χ1v) is 18.9. The van der Waals surface area contributed by atoms with Crippen LogP contribution < -0.4 is 10.6 Å². The van der Waals surface area contributed by atoms with E-state index in [0.717, 1.165) is 30.5 Å². The van der Waals surface area contributed by atoms with Gasteiger partial charge in [0.15, 0.2) is 11.5 Å². The molecular formula is C40H50N8O8. The van der Waals surface area contributed by atoms with Gasteiger partial charge in [-0.15, -0.1) is 0 Å². The Morgan fingerprint density at radius 3 is 1.59 bits per heavy atom. The van der Waals surface area contributed by atoms with E-state index in [1.165, 1.54) is 14.2 Å². The van der Waals surface area contributed by atoms with Gasteiger partial charge in [-0.3, -0.25) is 9.59 Å². The van der Waals surface area contributed by atoms with Crippen LogP contribution >= 0.6 is 0 Å². The quantitative estimate of drug-likeness (QED) is 0.103.